The van der Waals surface area contributed by atoms with E-state index in [0.717, 1.165) is 5.75 Å². The predicted molar refractivity (Wildman–Crippen MR) is 51.8 cm³/mol. The van der Waals surface area contributed by atoms with Crippen molar-refractivity contribution in [2.75, 3.05) is 20.3 Å². The highest BCUT2D eigenvalue weighted by Crippen LogP contribution is 2.07. The van der Waals surface area contributed by atoms with E-state index in [4.69, 9.17) is 15.2 Å². The molecule has 1 unspecified atom stereocenters. The van der Waals surface area contributed by atoms with Gasteiger partial charge in [-0.15, -0.1) is 0 Å². The van der Waals surface area contributed by atoms with Crippen LogP contribution in [-0.4, -0.2) is 26.4 Å². The van der Waals surface area contributed by atoms with Crippen LogP contribution in [0.5, 0.6) is 5.75 Å². The molecule has 0 saturated heterocycles. The number of benzene rings is 1. The molecule has 1 atom stereocenters. The third kappa shape index (κ3) is 3.92. The standard InChI is InChI=1S/C10H15NO2/c1-12-7-9(11)8-13-10-5-3-2-4-6-10/h2-6,9H,7-8,11H2,1H3. The number of hydrogen-bond donors (Lipinski definition) is 1. The minimum Gasteiger partial charge on any atom is -0.492 e. The van der Waals surface area contributed by atoms with E-state index < -0.39 is 0 Å². The lowest BCUT2D eigenvalue weighted by molar-refractivity contribution is 0.152. The molecular formula is C10H15NO2. The first kappa shape index (κ1) is 10.0. The Morgan fingerprint density at radius 2 is 1.92 bits per heavy atom. The zero-order valence-corrected chi connectivity index (χ0v) is 7.77. The summed E-state index contributed by atoms with van der Waals surface area (Å²) in [4.78, 5) is 0. The zero-order chi connectivity index (χ0) is 9.52. The molecular weight excluding hydrogens is 166 g/mol. The maximum atomic E-state index is 5.68. The Morgan fingerprint density at radius 1 is 1.23 bits per heavy atom. The van der Waals surface area contributed by atoms with Crippen molar-refractivity contribution in [3.63, 3.8) is 0 Å². The van der Waals surface area contributed by atoms with Gasteiger partial charge in [0, 0.05) is 7.11 Å². The van der Waals surface area contributed by atoms with Crippen LogP contribution in [0.4, 0.5) is 0 Å². The van der Waals surface area contributed by atoms with E-state index in [-0.39, 0.29) is 6.04 Å². The van der Waals surface area contributed by atoms with Crippen LogP contribution in [0.15, 0.2) is 30.3 Å². The minimum atomic E-state index is -0.0646. The molecule has 0 bridgehead atoms. The summed E-state index contributed by atoms with van der Waals surface area (Å²) in [5, 5.41) is 0. The van der Waals surface area contributed by atoms with Crippen molar-refractivity contribution >= 4 is 0 Å². The van der Waals surface area contributed by atoms with Crippen LogP contribution in [0, 0.1) is 0 Å². The third-order valence-corrected chi connectivity index (χ3v) is 1.59. The summed E-state index contributed by atoms with van der Waals surface area (Å²) in [7, 11) is 1.63. The Morgan fingerprint density at radius 3 is 2.54 bits per heavy atom. The lowest BCUT2D eigenvalue weighted by Crippen LogP contribution is -2.32. The normalized spacial score (nSPS) is 12.5. The topological polar surface area (TPSA) is 44.5 Å². The lowest BCUT2D eigenvalue weighted by atomic mass is 10.3. The van der Waals surface area contributed by atoms with Crippen molar-refractivity contribution in [1.82, 2.24) is 0 Å². The lowest BCUT2D eigenvalue weighted by Gasteiger charge is -2.11. The molecule has 1 rings (SSSR count). The number of para-hydroxylation sites is 1. The molecule has 3 nitrogen and oxygen atoms in total. The molecule has 0 fully saturated rings. The van der Waals surface area contributed by atoms with E-state index in [1.807, 2.05) is 30.3 Å². The highest BCUT2D eigenvalue weighted by atomic mass is 16.5. The molecule has 72 valence electrons. The van der Waals surface area contributed by atoms with Crippen molar-refractivity contribution < 1.29 is 9.47 Å². The Labute approximate surface area is 78.5 Å². The van der Waals surface area contributed by atoms with Crippen molar-refractivity contribution in [1.29, 1.82) is 0 Å². The molecule has 0 aliphatic carbocycles. The van der Waals surface area contributed by atoms with Crippen molar-refractivity contribution in [3.05, 3.63) is 30.3 Å². The van der Waals surface area contributed by atoms with Gasteiger partial charge in [-0.25, -0.2) is 0 Å². The fourth-order valence-electron chi connectivity index (χ4n) is 0.982. The SMILES string of the molecule is COCC(N)COc1ccccc1. The minimum absolute atomic E-state index is 0.0646. The van der Waals surface area contributed by atoms with E-state index in [1.165, 1.54) is 0 Å². The number of ether oxygens (including phenoxy) is 2. The molecule has 0 saturated carbocycles. The van der Waals surface area contributed by atoms with E-state index in [2.05, 4.69) is 0 Å². The van der Waals surface area contributed by atoms with Gasteiger partial charge in [0.05, 0.1) is 12.6 Å². The summed E-state index contributed by atoms with van der Waals surface area (Å²) < 4.78 is 10.3. The van der Waals surface area contributed by atoms with Crippen LogP contribution in [0.3, 0.4) is 0 Å². The molecule has 13 heavy (non-hydrogen) atoms. The number of rotatable bonds is 5. The highest BCUT2D eigenvalue weighted by molar-refractivity contribution is 5.20. The maximum absolute atomic E-state index is 5.68. The van der Waals surface area contributed by atoms with Crippen LogP contribution < -0.4 is 10.5 Å². The summed E-state index contributed by atoms with van der Waals surface area (Å²) in [6.45, 7) is 1.00. The van der Waals surface area contributed by atoms with Gasteiger partial charge in [0.2, 0.25) is 0 Å². The van der Waals surface area contributed by atoms with Crippen LogP contribution in [0.25, 0.3) is 0 Å². The zero-order valence-electron chi connectivity index (χ0n) is 7.77. The van der Waals surface area contributed by atoms with Gasteiger partial charge in [0.25, 0.3) is 0 Å². The third-order valence-electron chi connectivity index (χ3n) is 1.59. The highest BCUT2D eigenvalue weighted by Gasteiger charge is 2.01. The largest absolute Gasteiger partial charge is 0.492 e. The molecule has 1 aromatic carbocycles. The van der Waals surface area contributed by atoms with Gasteiger partial charge in [-0.3, -0.25) is 0 Å². The van der Waals surface area contributed by atoms with Crippen LogP contribution in [-0.2, 0) is 4.74 Å². The molecule has 0 spiro atoms. The summed E-state index contributed by atoms with van der Waals surface area (Å²) >= 11 is 0. The van der Waals surface area contributed by atoms with Gasteiger partial charge in [-0.2, -0.15) is 0 Å². The van der Waals surface area contributed by atoms with Crippen molar-refractivity contribution in [3.8, 4) is 5.75 Å². The van der Waals surface area contributed by atoms with E-state index in [1.54, 1.807) is 7.11 Å². The van der Waals surface area contributed by atoms with Crippen LogP contribution in [0.1, 0.15) is 0 Å². The first-order chi connectivity index (χ1) is 6.33. The average Bonchev–Trinajstić information content (AvgIpc) is 2.17. The Balaban J connectivity index is 2.27. The first-order valence-corrected chi connectivity index (χ1v) is 4.25. The summed E-state index contributed by atoms with van der Waals surface area (Å²) in [6.07, 6.45) is 0. The predicted octanol–water partition coefficient (Wildman–Crippen LogP) is 1.04. The molecule has 0 heterocycles. The molecule has 2 N–H and O–H groups in total. The molecule has 1 aromatic rings. The Kier molecular flexibility index (Phi) is 4.29. The van der Waals surface area contributed by atoms with Crippen LogP contribution in [0.2, 0.25) is 0 Å². The summed E-state index contributed by atoms with van der Waals surface area (Å²) in [5.41, 5.74) is 5.68. The van der Waals surface area contributed by atoms with Crippen molar-refractivity contribution in [2.24, 2.45) is 5.73 Å². The van der Waals surface area contributed by atoms with Gasteiger partial charge in [-0.05, 0) is 12.1 Å². The molecule has 0 radical (unpaired) electrons. The maximum Gasteiger partial charge on any atom is 0.119 e. The van der Waals surface area contributed by atoms with Crippen molar-refractivity contribution in [2.45, 2.75) is 6.04 Å². The van der Waals surface area contributed by atoms with Gasteiger partial charge in [0.15, 0.2) is 0 Å². The summed E-state index contributed by atoms with van der Waals surface area (Å²) in [5.74, 6) is 0.842. The Hall–Kier alpha value is -1.06. The van der Waals surface area contributed by atoms with Gasteiger partial charge >= 0.3 is 0 Å². The number of nitrogens with two attached hydrogens (primary N) is 1. The second-order valence-electron chi connectivity index (χ2n) is 2.84. The molecule has 0 aromatic heterocycles. The van der Waals surface area contributed by atoms with E-state index in [9.17, 15) is 0 Å². The first-order valence-electron chi connectivity index (χ1n) is 4.25. The van der Waals surface area contributed by atoms with Gasteiger partial charge < -0.3 is 15.2 Å². The second kappa shape index (κ2) is 5.56. The number of methoxy groups -OCH3 is 1. The monoisotopic (exact) mass is 181 g/mol. The Bertz CT molecular complexity index is 226. The summed E-state index contributed by atoms with van der Waals surface area (Å²) in [6, 6.07) is 9.54. The molecule has 3 heteroatoms. The fourth-order valence-corrected chi connectivity index (χ4v) is 0.982. The smallest absolute Gasteiger partial charge is 0.119 e. The average molecular weight is 181 g/mol. The fraction of sp³-hybridized carbons (Fsp3) is 0.400. The number of hydrogen-bond acceptors (Lipinski definition) is 3. The quantitative estimate of drug-likeness (QED) is 0.738. The second-order valence-corrected chi connectivity index (χ2v) is 2.84. The van der Waals surface area contributed by atoms with Gasteiger partial charge in [0.1, 0.15) is 12.4 Å². The van der Waals surface area contributed by atoms with E-state index >= 15 is 0 Å². The van der Waals surface area contributed by atoms with E-state index in [0.29, 0.717) is 13.2 Å². The molecule has 0 amide bonds. The van der Waals surface area contributed by atoms with Crippen LogP contribution >= 0.6 is 0 Å². The molecule has 0 aliphatic rings. The van der Waals surface area contributed by atoms with Gasteiger partial charge in [-0.1, -0.05) is 18.2 Å². The molecule has 0 aliphatic heterocycles.